The summed E-state index contributed by atoms with van der Waals surface area (Å²) < 4.78 is 5.55. The van der Waals surface area contributed by atoms with E-state index >= 15 is 0 Å². The number of pyridine rings is 1. The van der Waals surface area contributed by atoms with E-state index in [0.717, 1.165) is 47.1 Å². The molecule has 0 unspecified atom stereocenters. The summed E-state index contributed by atoms with van der Waals surface area (Å²) in [6, 6.07) is 7.97. The second kappa shape index (κ2) is 4.56. The van der Waals surface area contributed by atoms with Crippen molar-refractivity contribution in [2.75, 3.05) is 11.9 Å². The SMILES string of the molecule is O=C(Nc1c2c(nc3ccccc13)CCOC2)C1CC1. The van der Waals surface area contributed by atoms with Gasteiger partial charge in [0.15, 0.2) is 0 Å². The Labute approximate surface area is 117 Å². The molecule has 1 saturated carbocycles. The molecule has 1 aromatic carbocycles. The summed E-state index contributed by atoms with van der Waals surface area (Å²) >= 11 is 0. The standard InChI is InChI=1S/C16H16N2O2/c19-16(10-5-6-10)18-15-11-3-1-2-4-13(11)17-14-7-8-20-9-12(14)15/h1-4,10H,5-9H2,(H,17,18,19). The molecule has 102 valence electrons. The van der Waals surface area contributed by atoms with Crippen LogP contribution < -0.4 is 5.32 Å². The second-order valence-corrected chi connectivity index (χ2v) is 5.50. The maximum atomic E-state index is 12.1. The Kier molecular flexibility index (Phi) is 2.70. The summed E-state index contributed by atoms with van der Waals surface area (Å²) in [7, 11) is 0. The van der Waals surface area contributed by atoms with Crippen LogP contribution in [0.25, 0.3) is 10.9 Å². The van der Waals surface area contributed by atoms with Crippen LogP contribution in [0.3, 0.4) is 0 Å². The number of rotatable bonds is 2. The molecule has 2 aliphatic rings. The number of anilines is 1. The fourth-order valence-corrected chi connectivity index (χ4v) is 2.72. The molecule has 1 aromatic heterocycles. The van der Waals surface area contributed by atoms with Crippen LogP contribution in [0.15, 0.2) is 24.3 Å². The van der Waals surface area contributed by atoms with Crippen molar-refractivity contribution in [2.45, 2.75) is 25.9 Å². The summed E-state index contributed by atoms with van der Waals surface area (Å²) in [4.78, 5) is 16.8. The van der Waals surface area contributed by atoms with E-state index in [9.17, 15) is 4.79 Å². The molecule has 4 nitrogen and oxygen atoms in total. The zero-order chi connectivity index (χ0) is 13.5. The minimum Gasteiger partial charge on any atom is -0.376 e. The largest absolute Gasteiger partial charge is 0.376 e. The average Bonchev–Trinajstić information content (AvgIpc) is 3.31. The number of carbonyl (C=O) groups is 1. The van der Waals surface area contributed by atoms with Gasteiger partial charge in [-0.25, -0.2) is 0 Å². The Hall–Kier alpha value is -1.94. The smallest absolute Gasteiger partial charge is 0.227 e. The Morgan fingerprint density at radius 2 is 2.15 bits per heavy atom. The number of aromatic nitrogens is 1. The van der Waals surface area contributed by atoms with Gasteiger partial charge in [0.25, 0.3) is 0 Å². The normalized spacial score (nSPS) is 17.8. The minimum absolute atomic E-state index is 0.133. The van der Waals surface area contributed by atoms with Crippen molar-refractivity contribution in [1.29, 1.82) is 0 Å². The topological polar surface area (TPSA) is 51.2 Å². The molecule has 4 heteroatoms. The van der Waals surface area contributed by atoms with Gasteiger partial charge in [-0.3, -0.25) is 9.78 Å². The molecule has 0 radical (unpaired) electrons. The van der Waals surface area contributed by atoms with Crippen molar-refractivity contribution < 1.29 is 9.53 Å². The summed E-state index contributed by atoms with van der Waals surface area (Å²) in [6.07, 6.45) is 2.83. The summed E-state index contributed by atoms with van der Waals surface area (Å²) in [5, 5.41) is 4.12. The number of nitrogens with one attached hydrogen (secondary N) is 1. The highest BCUT2D eigenvalue weighted by molar-refractivity contribution is 6.03. The molecule has 2 aromatic rings. The molecule has 1 amide bonds. The highest BCUT2D eigenvalue weighted by Crippen LogP contribution is 2.35. The molecule has 0 spiro atoms. The van der Waals surface area contributed by atoms with Crippen LogP contribution in [-0.4, -0.2) is 17.5 Å². The van der Waals surface area contributed by atoms with Gasteiger partial charge < -0.3 is 10.1 Å². The van der Waals surface area contributed by atoms with E-state index in [-0.39, 0.29) is 11.8 Å². The molecule has 0 atom stereocenters. The lowest BCUT2D eigenvalue weighted by Gasteiger charge is -2.21. The molecule has 1 fully saturated rings. The lowest BCUT2D eigenvalue weighted by Crippen LogP contribution is -2.19. The van der Waals surface area contributed by atoms with Crippen LogP contribution in [0.1, 0.15) is 24.1 Å². The van der Waals surface area contributed by atoms with Gasteiger partial charge in [-0.2, -0.15) is 0 Å². The van der Waals surface area contributed by atoms with Gasteiger partial charge in [0.2, 0.25) is 5.91 Å². The molecule has 0 bridgehead atoms. The number of fused-ring (bicyclic) bond motifs is 2. The zero-order valence-electron chi connectivity index (χ0n) is 11.2. The van der Waals surface area contributed by atoms with Crippen molar-refractivity contribution in [2.24, 2.45) is 5.92 Å². The lowest BCUT2D eigenvalue weighted by molar-refractivity contribution is -0.117. The van der Waals surface area contributed by atoms with E-state index in [0.29, 0.717) is 13.2 Å². The number of hydrogen-bond donors (Lipinski definition) is 1. The Morgan fingerprint density at radius 1 is 1.30 bits per heavy atom. The van der Waals surface area contributed by atoms with Gasteiger partial charge in [0.1, 0.15) is 0 Å². The molecule has 20 heavy (non-hydrogen) atoms. The third-order valence-electron chi connectivity index (χ3n) is 4.00. The third-order valence-corrected chi connectivity index (χ3v) is 4.00. The van der Waals surface area contributed by atoms with Gasteiger partial charge >= 0.3 is 0 Å². The monoisotopic (exact) mass is 268 g/mol. The number of benzene rings is 1. The molecular weight excluding hydrogens is 252 g/mol. The average molecular weight is 268 g/mol. The van der Waals surface area contributed by atoms with E-state index < -0.39 is 0 Å². The number of ether oxygens (including phenoxy) is 1. The predicted molar refractivity (Wildman–Crippen MR) is 76.5 cm³/mol. The maximum Gasteiger partial charge on any atom is 0.227 e. The Morgan fingerprint density at radius 3 is 3.00 bits per heavy atom. The number of hydrogen-bond acceptors (Lipinski definition) is 3. The van der Waals surface area contributed by atoms with E-state index in [2.05, 4.69) is 5.32 Å². The fourth-order valence-electron chi connectivity index (χ4n) is 2.72. The highest BCUT2D eigenvalue weighted by Gasteiger charge is 2.31. The predicted octanol–water partition coefficient (Wildman–Crippen LogP) is 2.66. The van der Waals surface area contributed by atoms with Crippen LogP contribution in [0.4, 0.5) is 5.69 Å². The highest BCUT2D eigenvalue weighted by atomic mass is 16.5. The molecule has 2 heterocycles. The Bertz CT molecular complexity index is 692. The molecule has 4 rings (SSSR count). The van der Waals surface area contributed by atoms with E-state index in [1.807, 2.05) is 24.3 Å². The molecule has 1 N–H and O–H groups in total. The van der Waals surface area contributed by atoms with Gasteiger partial charge in [-0.05, 0) is 18.9 Å². The van der Waals surface area contributed by atoms with Crippen LogP contribution >= 0.6 is 0 Å². The van der Waals surface area contributed by atoms with Crippen molar-refractivity contribution in [3.8, 4) is 0 Å². The second-order valence-electron chi connectivity index (χ2n) is 5.50. The molecular formula is C16H16N2O2. The molecule has 0 saturated heterocycles. The maximum absolute atomic E-state index is 12.1. The van der Waals surface area contributed by atoms with Crippen molar-refractivity contribution >= 4 is 22.5 Å². The van der Waals surface area contributed by atoms with Crippen LogP contribution in [0.5, 0.6) is 0 Å². The zero-order valence-corrected chi connectivity index (χ0v) is 11.2. The van der Waals surface area contributed by atoms with Crippen molar-refractivity contribution in [3.63, 3.8) is 0 Å². The van der Waals surface area contributed by atoms with Gasteiger partial charge in [0.05, 0.1) is 30.1 Å². The third kappa shape index (κ3) is 1.96. The summed E-state index contributed by atoms with van der Waals surface area (Å²) in [5.74, 6) is 0.330. The number of para-hydroxylation sites is 1. The van der Waals surface area contributed by atoms with Gasteiger partial charge in [-0.15, -0.1) is 0 Å². The van der Waals surface area contributed by atoms with Crippen LogP contribution in [-0.2, 0) is 22.6 Å². The lowest BCUT2D eigenvalue weighted by atomic mass is 10.0. The van der Waals surface area contributed by atoms with Crippen molar-refractivity contribution in [1.82, 2.24) is 4.98 Å². The van der Waals surface area contributed by atoms with Gasteiger partial charge in [-0.1, -0.05) is 18.2 Å². The number of amides is 1. The Balaban J connectivity index is 1.87. The summed E-state index contributed by atoms with van der Waals surface area (Å²) in [5.41, 5.74) is 3.95. The molecule has 1 aliphatic carbocycles. The fraction of sp³-hybridized carbons (Fsp3) is 0.375. The van der Waals surface area contributed by atoms with Gasteiger partial charge in [0, 0.05) is 23.3 Å². The summed E-state index contributed by atoms with van der Waals surface area (Å²) in [6.45, 7) is 1.24. The van der Waals surface area contributed by atoms with Crippen molar-refractivity contribution in [3.05, 3.63) is 35.5 Å². The van der Waals surface area contributed by atoms with E-state index in [1.54, 1.807) is 0 Å². The number of carbonyl (C=O) groups excluding carboxylic acids is 1. The first-order valence-corrected chi connectivity index (χ1v) is 7.12. The first kappa shape index (κ1) is 11.9. The minimum atomic E-state index is 0.133. The first-order valence-electron chi connectivity index (χ1n) is 7.12. The van der Waals surface area contributed by atoms with Crippen LogP contribution in [0, 0.1) is 5.92 Å². The van der Waals surface area contributed by atoms with E-state index in [1.165, 1.54) is 0 Å². The van der Waals surface area contributed by atoms with Crippen LogP contribution in [0.2, 0.25) is 0 Å². The first-order chi connectivity index (χ1) is 9.83. The van der Waals surface area contributed by atoms with E-state index in [4.69, 9.17) is 9.72 Å². The molecule has 1 aliphatic heterocycles. The quantitative estimate of drug-likeness (QED) is 0.911. The number of nitrogens with zero attached hydrogens (tertiary/aromatic N) is 1.